The summed E-state index contributed by atoms with van der Waals surface area (Å²) < 4.78 is 0. The molecule has 0 saturated heterocycles. The van der Waals surface area contributed by atoms with Crippen molar-refractivity contribution in [2.45, 2.75) is 59.3 Å². The van der Waals surface area contributed by atoms with Gasteiger partial charge < -0.3 is 0 Å². The van der Waals surface area contributed by atoms with Crippen molar-refractivity contribution in [3.8, 4) is 0 Å². The topological polar surface area (TPSA) is 0 Å². The number of rotatable bonds is 0. The highest BCUT2D eigenvalue weighted by Gasteiger charge is 2.44. The molecule has 0 aliphatic carbocycles. The van der Waals surface area contributed by atoms with Crippen molar-refractivity contribution in [1.29, 1.82) is 0 Å². The summed E-state index contributed by atoms with van der Waals surface area (Å²) in [6.07, 6.45) is 0. The van der Waals surface area contributed by atoms with Crippen LogP contribution in [-0.4, -0.2) is 16.1 Å². The Bertz CT molecular complexity index is 777. The fraction of sp³-hybridized carbons (Fsp3) is 0.429. The maximum atomic E-state index is 2.56. The van der Waals surface area contributed by atoms with E-state index in [0.717, 1.165) is 0 Å². The summed E-state index contributed by atoms with van der Waals surface area (Å²) in [4.78, 5) is 0. The van der Waals surface area contributed by atoms with Crippen molar-refractivity contribution in [3.05, 3.63) is 47.5 Å². The highest BCUT2D eigenvalue weighted by molar-refractivity contribution is 7.16. The van der Waals surface area contributed by atoms with Crippen LogP contribution in [0.3, 0.4) is 0 Å². The third kappa shape index (κ3) is 2.47. The molecule has 0 bridgehead atoms. The molecular weight excluding hydrogens is 308 g/mol. The van der Waals surface area contributed by atoms with Crippen LogP contribution < -0.4 is 20.7 Å². The van der Waals surface area contributed by atoms with E-state index in [1.807, 2.05) is 0 Å². The SMILES string of the molecule is Cc1ccc2c(c1)[Si](C)(C)c1cc(C(C)(C)C)ccc1[Si]2(C)C. The minimum absolute atomic E-state index is 0.220. The first kappa shape index (κ1) is 16.7. The lowest BCUT2D eigenvalue weighted by Gasteiger charge is -2.42. The van der Waals surface area contributed by atoms with E-state index in [4.69, 9.17) is 0 Å². The van der Waals surface area contributed by atoms with Gasteiger partial charge in [-0.3, -0.25) is 0 Å². The fourth-order valence-electron chi connectivity index (χ4n) is 4.08. The van der Waals surface area contributed by atoms with Crippen molar-refractivity contribution >= 4 is 36.9 Å². The van der Waals surface area contributed by atoms with Gasteiger partial charge in [0.25, 0.3) is 0 Å². The van der Waals surface area contributed by atoms with E-state index >= 15 is 0 Å². The monoisotopic (exact) mass is 338 g/mol. The van der Waals surface area contributed by atoms with Crippen LogP contribution in [0.1, 0.15) is 31.9 Å². The van der Waals surface area contributed by atoms with Gasteiger partial charge in [-0.15, -0.1) is 0 Å². The molecule has 2 aromatic rings. The Kier molecular flexibility index (Phi) is 3.59. The molecule has 0 nitrogen and oxygen atoms in total. The molecule has 3 rings (SSSR count). The lowest BCUT2D eigenvalue weighted by Crippen LogP contribution is -2.78. The Hall–Kier alpha value is -1.13. The van der Waals surface area contributed by atoms with Crippen LogP contribution >= 0.6 is 0 Å². The zero-order chi connectivity index (χ0) is 17.2. The molecule has 0 unspecified atom stereocenters. The molecule has 2 aromatic carbocycles. The molecule has 1 aliphatic rings. The number of fused-ring (bicyclic) bond motifs is 2. The van der Waals surface area contributed by atoms with E-state index in [2.05, 4.69) is 90.3 Å². The highest BCUT2D eigenvalue weighted by Crippen LogP contribution is 2.23. The van der Waals surface area contributed by atoms with Gasteiger partial charge in [0.05, 0.1) is 0 Å². The first-order chi connectivity index (χ1) is 10.5. The van der Waals surface area contributed by atoms with Crippen LogP contribution in [0.2, 0.25) is 26.2 Å². The minimum atomic E-state index is -1.63. The minimum Gasteiger partial charge on any atom is -0.0624 e. The molecule has 0 atom stereocenters. The predicted octanol–water partition coefficient (Wildman–Crippen LogP) is 3.25. The summed E-state index contributed by atoms with van der Waals surface area (Å²) in [6, 6.07) is 14.7. The Morgan fingerprint density at radius 3 is 1.70 bits per heavy atom. The van der Waals surface area contributed by atoms with E-state index in [-0.39, 0.29) is 5.41 Å². The number of aryl methyl sites for hydroxylation is 1. The van der Waals surface area contributed by atoms with Crippen LogP contribution in [0.5, 0.6) is 0 Å². The van der Waals surface area contributed by atoms with E-state index in [9.17, 15) is 0 Å². The standard InChI is InChI=1S/C21H30Si2/c1-15-9-11-17-19(13-15)23(7,8)20-14-16(21(2,3)4)10-12-18(20)22(17,5)6/h9-14H,1-8H3. The van der Waals surface area contributed by atoms with E-state index in [0.29, 0.717) is 0 Å². The van der Waals surface area contributed by atoms with E-state index in [1.165, 1.54) is 11.1 Å². The molecule has 1 aliphatic heterocycles. The van der Waals surface area contributed by atoms with Crippen LogP contribution in [0.4, 0.5) is 0 Å². The molecule has 0 fully saturated rings. The summed E-state index contributed by atoms with van der Waals surface area (Å²) in [6.45, 7) is 19.4. The Balaban J connectivity index is 2.34. The Morgan fingerprint density at radius 1 is 0.652 bits per heavy atom. The van der Waals surface area contributed by atoms with Crippen LogP contribution in [0.25, 0.3) is 0 Å². The predicted molar refractivity (Wildman–Crippen MR) is 110 cm³/mol. The quantitative estimate of drug-likeness (QED) is 0.647. The molecule has 2 heteroatoms. The van der Waals surface area contributed by atoms with Crippen molar-refractivity contribution in [2.24, 2.45) is 0 Å². The summed E-state index contributed by atoms with van der Waals surface area (Å²) in [5.74, 6) is 0. The van der Waals surface area contributed by atoms with Gasteiger partial charge >= 0.3 is 0 Å². The first-order valence-corrected chi connectivity index (χ1v) is 14.7. The Morgan fingerprint density at radius 2 is 1.13 bits per heavy atom. The third-order valence-corrected chi connectivity index (χ3v) is 13.3. The largest absolute Gasteiger partial charge is 0.111 e. The molecule has 0 aromatic heterocycles. The molecule has 1 heterocycles. The summed E-state index contributed by atoms with van der Waals surface area (Å²) in [7, 11) is -3.22. The van der Waals surface area contributed by atoms with Crippen molar-refractivity contribution < 1.29 is 0 Å². The second kappa shape index (κ2) is 4.93. The number of hydrogen-bond acceptors (Lipinski definition) is 0. The zero-order valence-corrected chi connectivity index (χ0v) is 18.0. The second-order valence-corrected chi connectivity index (χ2v) is 18.0. The molecule has 0 N–H and O–H groups in total. The van der Waals surface area contributed by atoms with Gasteiger partial charge in [-0.25, -0.2) is 0 Å². The molecule has 0 spiro atoms. The fourth-order valence-corrected chi connectivity index (χ4v) is 13.5. The van der Waals surface area contributed by atoms with Gasteiger partial charge in [0.1, 0.15) is 16.1 Å². The smallest absolute Gasteiger partial charge is 0.0624 e. The van der Waals surface area contributed by atoms with Crippen molar-refractivity contribution in [2.75, 3.05) is 0 Å². The van der Waals surface area contributed by atoms with E-state index < -0.39 is 16.1 Å². The van der Waals surface area contributed by atoms with Gasteiger partial charge in [-0.05, 0) is 17.9 Å². The van der Waals surface area contributed by atoms with Gasteiger partial charge in [-0.2, -0.15) is 0 Å². The molecule has 23 heavy (non-hydrogen) atoms. The average molecular weight is 339 g/mol. The molecule has 0 amide bonds. The van der Waals surface area contributed by atoms with Crippen molar-refractivity contribution in [3.63, 3.8) is 0 Å². The molecule has 122 valence electrons. The number of benzene rings is 2. The summed E-state index contributed by atoms with van der Waals surface area (Å²) in [5.41, 5.74) is 3.11. The van der Waals surface area contributed by atoms with Crippen LogP contribution in [-0.2, 0) is 5.41 Å². The number of hydrogen-bond donors (Lipinski definition) is 0. The summed E-state index contributed by atoms with van der Waals surface area (Å²) >= 11 is 0. The van der Waals surface area contributed by atoms with Gasteiger partial charge in [0, 0.05) is 0 Å². The maximum absolute atomic E-state index is 2.56. The van der Waals surface area contributed by atoms with E-state index in [1.54, 1.807) is 20.7 Å². The van der Waals surface area contributed by atoms with Crippen LogP contribution in [0.15, 0.2) is 36.4 Å². The first-order valence-electron chi connectivity index (χ1n) is 8.73. The molecular formula is C21H30Si2. The van der Waals surface area contributed by atoms with Gasteiger partial charge in [-0.1, -0.05) is 110 Å². The second-order valence-electron chi connectivity index (χ2n) is 9.31. The molecule has 0 saturated carbocycles. The lowest BCUT2D eigenvalue weighted by molar-refractivity contribution is 0.591. The molecule has 0 radical (unpaired) electrons. The normalized spacial score (nSPS) is 18.3. The highest BCUT2D eigenvalue weighted by atomic mass is 28.3. The van der Waals surface area contributed by atoms with Gasteiger partial charge in [0.15, 0.2) is 0 Å². The maximum Gasteiger partial charge on any atom is 0.111 e. The lowest BCUT2D eigenvalue weighted by atomic mass is 9.87. The van der Waals surface area contributed by atoms with Crippen molar-refractivity contribution in [1.82, 2.24) is 0 Å². The average Bonchev–Trinajstić information content (AvgIpc) is 2.44. The zero-order valence-electron chi connectivity index (χ0n) is 16.0. The summed E-state index contributed by atoms with van der Waals surface area (Å²) in [5, 5.41) is 6.74. The Labute approximate surface area is 144 Å². The van der Waals surface area contributed by atoms with Gasteiger partial charge in [0.2, 0.25) is 0 Å². The van der Waals surface area contributed by atoms with Crippen LogP contribution in [0, 0.1) is 6.92 Å². The third-order valence-electron chi connectivity index (χ3n) is 5.75.